The van der Waals surface area contributed by atoms with Crippen molar-refractivity contribution in [1.29, 1.82) is 0 Å². The SMILES string of the molecule is CC(NC(=O)c1sc2ccccc2c1N)C1CCOCC1. The van der Waals surface area contributed by atoms with Crippen molar-refractivity contribution in [3.63, 3.8) is 0 Å². The van der Waals surface area contributed by atoms with Gasteiger partial charge in [-0.25, -0.2) is 0 Å². The summed E-state index contributed by atoms with van der Waals surface area (Å²) in [5.74, 6) is 0.422. The number of anilines is 1. The van der Waals surface area contributed by atoms with E-state index in [1.54, 1.807) is 0 Å². The summed E-state index contributed by atoms with van der Waals surface area (Å²) in [6, 6.07) is 8.00. The van der Waals surface area contributed by atoms with E-state index in [1.165, 1.54) is 11.3 Å². The third-order valence-electron chi connectivity index (χ3n) is 4.17. The van der Waals surface area contributed by atoms with Crippen LogP contribution in [-0.2, 0) is 4.74 Å². The quantitative estimate of drug-likeness (QED) is 0.916. The van der Waals surface area contributed by atoms with Crippen LogP contribution >= 0.6 is 11.3 Å². The number of thiophene rings is 1. The molecule has 0 bridgehead atoms. The summed E-state index contributed by atoms with van der Waals surface area (Å²) in [6.07, 6.45) is 2.01. The molecule has 1 unspecified atom stereocenters. The Labute approximate surface area is 128 Å². The largest absolute Gasteiger partial charge is 0.397 e. The van der Waals surface area contributed by atoms with E-state index in [1.807, 2.05) is 24.3 Å². The third-order valence-corrected chi connectivity index (χ3v) is 5.36. The summed E-state index contributed by atoms with van der Waals surface area (Å²) in [5, 5.41) is 4.07. The Kier molecular flexibility index (Phi) is 4.12. The summed E-state index contributed by atoms with van der Waals surface area (Å²) >= 11 is 1.46. The number of nitrogen functional groups attached to an aromatic ring is 1. The maximum absolute atomic E-state index is 12.5. The Morgan fingerprint density at radius 1 is 1.38 bits per heavy atom. The second-order valence-corrected chi connectivity index (χ2v) is 6.61. The van der Waals surface area contributed by atoms with Crippen molar-refractivity contribution in [1.82, 2.24) is 5.32 Å². The predicted octanol–water partition coefficient (Wildman–Crippen LogP) is 3.03. The molecule has 1 aromatic heterocycles. The van der Waals surface area contributed by atoms with Gasteiger partial charge in [0.1, 0.15) is 4.88 Å². The molecule has 3 rings (SSSR count). The minimum Gasteiger partial charge on any atom is -0.397 e. The average molecular weight is 304 g/mol. The van der Waals surface area contributed by atoms with Gasteiger partial charge in [-0.2, -0.15) is 0 Å². The molecule has 0 spiro atoms. The smallest absolute Gasteiger partial charge is 0.263 e. The second-order valence-electron chi connectivity index (χ2n) is 5.55. The number of carbonyl (C=O) groups excluding carboxylic acids is 1. The molecule has 5 heteroatoms. The molecule has 0 aliphatic carbocycles. The minimum absolute atomic E-state index is 0.0623. The lowest BCUT2D eigenvalue weighted by molar-refractivity contribution is 0.0539. The Morgan fingerprint density at radius 2 is 2.10 bits per heavy atom. The van der Waals surface area contributed by atoms with Gasteiger partial charge in [-0.3, -0.25) is 4.79 Å². The fourth-order valence-electron chi connectivity index (χ4n) is 2.84. The van der Waals surface area contributed by atoms with Gasteiger partial charge in [0.05, 0.1) is 5.69 Å². The van der Waals surface area contributed by atoms with E-state index in [-0.39, 0.29) is 11.9 Å². The lowest BCUT2D eigenvalue weighted by Gasteiger charge is -2.28. The number of nitrogens with two attached hydrogens (primary N) is 1. The number of hydrogen-bond donors (Lipinski definition) is 2. The molecule has 1 fully saturated rings. The first kappa shape index (κ1) is 14.4. The highest BCUT2D eigenvalue weighted by molar-refractivity contribution is 7.21. The molecule has 1 aliphatic rings. The molecule has 2 aromatic rings. The lowest BCUT2D eigenvalue weighted by Crippen LogP contribution is -2.40. The average Bonchev–Trinajstić information content (AvgIpc) is 2.86. The number of ether oxygens (including phenoxy) is 1. The molecule has 1 aromatic carbocycles. The molecule has 1 atom stereocenters. The number of amides is 1. The lowest BCUT2D eigenvalue weighted by atomic mass is 9.93. The van der Waals surface area contributed by atoms with Gasteiger partial charge in [0, 0.05) is 29.3 Å². The topological polar surface area (TPSA) is 64.4 Å². The van der Waals surface area contributed by atoms with Crippen molar-refractivity contribution in [2.75, 3.05) is 18.9 Å². The molecule has 0 radical (unpaired) electrons. The van der Waals surface area contributed by atoms with Crippen molar-refractivity contribution in [2.45, 2.75) is 25.8 Å². The molecule has 21 heavy (non-hydrogen) atoms. The van der Waals surface area contributed by atoms with Crippen LogP contribution in [0.15, 0.2) is 24.3 Å². The molecular weight excluding hydrogens is 284 g/mol. The van der Waals surface area contributed by atoms with Crippen LogP contribution in [0.5, 0.6) is 0 Å². The monoisotopic (exact) mass is 304 g/mol. The summed E-state index contributed by atoms with van der Waals surface area (Å²) in [5.41, 5.74) is 6.71. The first-order valence-corrected chi connectivity index (χ1v) is 8.14. The Morgan fingerprint density at radius 3 is 2.81 bits per heavy atom. The highest BCUT2D eigenvalue weighted by atomic mass is 32.1. The van der Waals surface area contributed by atoms with Gasteiger partial charge in [0.25, 0.3) is 5.91 Å². The zero-order valence-electron chi connectivity index (χ0n) is 12.1. The molecule has 2 heterocycles. The Balaban J connectivity index is 1.75. The van der Waals surface area contributed by atoms with Crippen molar-refractivity contribution in [3.05, 3.63) is 29.1 Å². The van der Waals surface area contributed by atoms with Crippen LogP contribution < -0.4 is 11.1 Å². The number of hydrogen-bond acceptors (Lipinski definition) is 4. The summed E-state index contributed by atoms with van der Waals surface area (Å²) < 4.78 is 6.42. The van der Waals surface area contributed by atoms with Crippen molar-refractivity contribution in [3.8, 4) is 0 Å². The van der Waals surface area contributed by atoms with Gasteiger partial charge < -0.3 is 15.8 Å². The number of fused-ring (bicyclic) bond motifs is 1. The fraction of sp³-hybridized carbons (Fsp3) is 0.438. The summed E-state index contributed by atoms with van der Waals surface area (Å²) in [6.45, 7) is 3.64. The first-order chi connectivity index (χ1) is 10.2. The van der Waals surface area contributed by atoms with Gasteiger partial charge in [-0.15, -0.1) is 11.3 Å². The van der Waals surface area contributed by atoms with Crippen LogP contribution in [0.25, 0.3) is 10.1 Å². The van der Waals surface area contributed by atoms with Crippen LogP contribution in [0.3, 0.4) is 0 Å². The normalized spacial score (nSPS) is 17.8. The Hall–Kier alpha value is -1.59. The predicted molar refractivity (Wildman–Crippen MR) is 86.7 cm³/mol. The zero-order valence-corrected chi connectivity index (χ0v) is 12.9. The third kappa shape index (κ3) is 2.89. The molecule has 1 amide bonds. The molecule has 1 aliphatic heterocycles. The highest BCUT2D eigenvalue weighted by Crippen LogP contribution is 2.33. The van der Waals surface area contributed by atoms with Crippen LogP contribution in [0.2, 0.25) is 0 Å². The van der Waals surface area contributed by atoms with E-state index in [9.17, 15) is 4.79 Å². The van der Waals surface area contributed by atoms with Gasteiger partial charge in [0.15, 0.2) is 0 Å². The molecule has 0 saturated carbocycles. The summed E-state index contributed by atoms with van der Waals surface area (Å²) in [7, 11) is 0. The highest BCUT2D eigenvalue weighted by Gasteiger charge is 2.24. The maximum atomic E-state index is 12.5. The van der Waals surface area contributed by atoms with Crippen LogP contribution in [-0.4, -0.2) is 25.2 Å². The molecule has 112 valence electrons. The van der Waals surface area contributed by atoms with E-state index in [0.717, 1.165) is 36.1 Å². The van der Waals surface area contributed by atoms with Crippen molar-refractivity contribution in [2.24, 2.45) is 5.92 Å². The van der Waals surface area contributed by atoms with E-state index >= 15 is 0 Å². The van der Waals surface area contributed by atoms with Crippen molar-refractivity contribution >= 4 is 33.0 Å². The van der Waals surface area contributed by atoms with Crippen LogP contribution in [0, 0.1) is 5.92 Å². The number of rotatable bonds is 3. The van der Waals surface area contributed by atoms with E-state index in [4.69, 9.17) is 10.5 Å². The Bertz CT molecular complexity index is 647. The minimum atomic E-state index is -0.0623. The van der Waals surface area contributed by atoms with Crippen LogP contribution in [0.1, 0.15) is 29.4 Å². The van der Waals surface area contributed by atoms with E-state index < -0.39 is 0 Å². The van der Waals surface area contributed by atoms with Crippen molar-refractivity contribution < 1.29 is 9.53 Å². The zero-order chi connectivity index (χ0) is 14.8. The number of benzene rings is 1. The fourth-order valence-corrected chi connectivity index (χ4v) is 3.87. The summed E-state index contributed by atoms with van der Waals surface area (Å²) in [4.78, 5) is 13.1. The number of nitrogens with one attached hydrogen (secondary N) is 1. The van der Waals surface area contributed by atoms with Crippen LogP contribution in [0.4, 0.5) is 5.69 Å². The van der Waals surface area contributed by atoms with E-state index in [2.05, 4.69) is 12.2 Å². The second kappa shape index (κ2) is 6.03. The molecular formula is C16H20N2O2S. The molecule has 1 saturated heterocycles. The van der Waals surface area contributed by atoms with Gasteiger partial charge >= 0.3 is 0 Å². The van der Waals surface area contributed by atoms with Gasteiger partial charge in [0.2, 0.25) is 0 Å². The molecule has 4 nitrogen and oxygen atoms in total. The van der Waals surface area contributed by atoms with Gasteiger partial charge in [-0.1, -0.05) is 18.2 Å². The number of carbonyl (C=O) groups is 1. The first-order valence-electron chi connectivity index (χ1n) is 7.32. The molecule has 3 N–H and O–H groups in total. The van der Waals surface area contributed by atoms with E-state index in [0.29, 0.717) is 16.5 Å². The standard InChI is InChI=1S/C16H20N2O2S/c1-10(11-6-8-20-9-7-11)18-16(19)15-14(17)12-4-2-3-5-13(12)21-15/h2-5,10-11H,6-9,17H2,1H3,(H,18,19). The van der Waals surface area contributed by atoms with Gasteiger partial charge in [-0.05, 0) is 31.7 Å². The maximum Gasteiger partial charge on any atom is 0.263 e.